The van der Waals surface area contributed by atoms with Crippen LogP contribution in [0.25, 0.3) is 22.3 Å². The standard InChI is InChI=1S/C32H40O/c1-20(2)18-32(19-21(3)4)27-12-10-9-11-24(27)25-14-13-23(17-28(25)32)26-15-22(5)16-29(30(26)33)31(6,7)8/h9-17,20-21,33H,18-19H2,1-8H3. The first-order chi connectivity index (χ1) is 15.4. The number of rotatable bonds is 5. The van der Waals surface area contributed by atoms with E-state index in [0.29, 0.717) is 17.6 Å². The molecule has 0 aliphatic heterocycles. The fourth-order valence-electron chi connectivity index (χ4n) is 6.11. The molecule has 0 heterocycles. The normalized spacial score (nSPS) is 14.6. The van der Waals surface area contributed by atoms with Crippen molar-refractivity contribution in [1.82, 2.24) is 0 Å². The molecular weight excluding hydrogens is 400 g/mol. The maximum absolute atomic E-state index is 11.3. The van der Waals surface area contributed by atoms with E-state index < -0.39 is 0 Å². The van der Waals surface area contributed by atoms with Crippen LogP contribution >= 0.6 is 0 Å². The lowest BCUT2D eigenvalue weighted by molar-refractivity contribution is 0.337. The Kier molecular flexibility index (Phi) is 5.97. The zero-order chi connectivity index (χ0) is 24.1. The molecule has 1 N–H and O–H groups in total. The van der Waals surface area contributed by atoms with Crippen LogP contribution in [0.3, 0.4) is 0 Å². The molecule has 0 aromatic heterocycles. The number of phenols is 1. The topological polar surface area (TPSA) is 20.2 Å². The van der Waals surface area contributed by atoms with E-state index in [1.807, 2.05) is 0 Å². The average Bonchev–Trinajstić information content (AvgIpc) is 2.97. The van der Waals surface area contributed by atoms with Gasteiger partial charge in [0.25, 0.3) is 0 Å². The van der Waals surface area contributed by atoms with Crippen molar-refractivity contribution in [3.8, 4) is 28.0 Å². The van der Waals surface area contributed by atoms with Crippen molar-refractivity contribution in [3.05, 3.63) is 76.9 Å². The Morgan fingerprint density at radius 2 is 1.36 bits per heavy atom. The molecule has 1 heteroatoms. The first-order valence-electron chi connectivity index (χ1n) is 12.5. The van der Waals surface area contributed by atoms with Crippen LogP contribution in [-0.4, -0.2) is 5.11 Å². The van der Waals surface area contributed by atoms with E-state index in [2.05, 4.69) is 110 Å². The maximum atomic E-state index is 11.3. The molecule has 1 nitrogen and oxygen atoms in total. The zero-order valence-corrected chi connectivity index (χ0v) is 21.7. The van der Waals surface area contributed by atoms with Crippen LogP contribution in [0.5, 0.6) is 5.75 Å². The second-order valence-electron chi connectivity index (χ2n) is 12.0. The molecule has 4 rings (SSSR count). The van der Waals surface area contributed by atoms with Gasteiger partial charge >= 0.3 is 0 Å². The summed E-state index contributed by atoms with van der Waals surface area (Å²) in [6.45, 7) is 18.0. The summed E-state index contributed by atoms with van der Waals surface area (Å²) >= 11 is 0. The van der Waals surface area contributed by atoms with Gasteiger partial charge in [0.05, 0.1) is 0 Å². The molecule has 0 saturated carbocycles. The van der Waals surface area contributed by atoms with Crippen molar-refractivity contribution in [2.75, 3.05) is 0 Å². The van der Waals surface area contributed by atoms with Gasteiger partial charge in [-0.05, 0) is 82.5 Å². The number of hydrogen-bond acceptors (Lipinski definition) is 1. The lowest BCUT2D eigenvalue weighted by Gasteiger charge is -2.36. The highest BCUT2D eigenvalue weighted by molar-refractivity contribution is 5.85. The lowest BCUT2D eigenvalue weighted by atomic mass is 9.67. The van der Waals surface area contributed by atoms with E-state index in [-0.39, 0.29) is 10.8 Å². The molecule has 0 unspecified atom stereocenters. The quantitative estimate of drug-likeness (QED) is 0.419. The number of fused-ring (bicyclic) bond motifs is 3. The molecule has 1 aliphatic rings. The summed E-state index contributed by atoms with van der Waals surface area (Å²) in [5.41, 5.74) is 9.80. The molecule has 174 valence electrons. The fraction of sp³-hybridized carbons (Fsp3) is 0.438. The molecule has 1 aliphatic carbocycles. The second-order valence-corrected chi connectivity index (χ2v) is 12.0. The summed E-state index contributed by atoms with van der Waals surface area (Å²) in [5.74, 6) is 1.60. The van der Waals surface area contributed by atoms with Crippen LogP contribution in [0, 0.1) is 18.8 Å². The lowest BCUT2D eigenvalue weighted by Crippen LogP contribution is -2.29. The van der Waals surface area contributed by atoms with Gasteiger partial charge in [0.15, 0.2) is 0 Å². The first-order valence-corrected chi connectivity index (χ1v) is 12.5. The fourth-order valence-corrected chi connectivity index (χ4v) is 6.11. The number of hydrogen-bond donors (Lipinski definition) is 1. The van der Waals surface area contributed by atoms with Gasteiger partial charge in [-0.3, -0.25) is 0 Å². The maximum Gasteiger partial charge on any atom is 0.127 e. The van der Waals surface area contributed by atoms with Gasteiger partial charge in [-0.25, -0.2) is 0 Å². The summed E-state index contributed by atoms with van der Waals surface area (Å²) < 4.78 is 0. The Morgan fingerprint density at radius 3 is 1.97 bits per heavy atom. The number of phenolic OH excluding ortho intramolecular Hbond substituents is 1. The molecule has 0 saturated heterocycles. The van der Waals surface area contributed by atoms with Crippen molar-refractivity contribution in [2.24, 2.45) is 11.8 Å². The molecule has 3 aromatic carbocycles. The van der Waals surface area contributed by atoms with Crippen molar-refractivity contribution in [1.29, 1.82) is 0 Å². The van der Waals surface area contributed by atoms with Gasteiger partial charge in [-0.15, -0.1) is 0 Å². The number of benzene rings is 3. The number of aromatic hydroxyl groups is 1. The minimum Gasteiger partial charge on any atom is -0.507 e. The van der Waals surface area contributed by atoms with Gasteiger partial charge in [-0.1, -0.05) is 90.9 Å². The second kappa shape index (κ2) is 8.35. The smallest absolute Gasteiger partial charge is 0.127 e. The summed E-state index contributed by atoms with van der Waals surface area (Å²) in [7, 11) is 0. The van der Waals surface area contributed by atoms with Crippen molar-refractivity contribution in [2.45, 2.75) is 79.1 Å². The van der Waals surface area contributed by atoms with E-state index in [9.17, 15) is 5.11 Å². The van der Waals surface area contributed by atoms with Gasteiger partial charge in [-0.2, -0.15) is 0 Å². The predicted molar refractivity (Wildman–Crippen MR) is 142 cm³/mol. The van der Waals surface area contributed by atoms with E-state index >= 15 is 0 Å². The van der Waals surface area contributed by atoms with Gasteiger partial charge in [0, 0.05) is 16.5 Å². The Bertz CT molecular complexity index is 1160. The molecule has 0 radical (unpaired) electrons. The van der Waals surface area contributed by atoms with Crippen LogP contribution in [0.4, 0.5) is 0 Å². The van der Waals surface area contributed by atoms with Crippen molar-refractivity contribution < 1.29 is 5.11 Å². The van der Waals surface area contributed by atoms with E-state index in [4.69, 9.17) is 0 Å². The Hall–Kier alpha value is -2.54. The van der Waals surface area contributed by atoms with Gasteiger partial charge in [0.1, 0.15) is 5.75 Å². The predicted octanol–water partition coefficient (Wildman–Crippen LogP) is 9.02. The Labute approximate surface area is 200 Å². The molecule has 0 amide bonds. The highest BCUT2D eigenvalue weighted by Gasteiger charge is 2.43. The number of aryl methyl sites for hydroxylation is 1. The van der Waals surface area contributed by atoms with E-state index in [1.165, 1.54) is 27.8 Å². The minimum absolute atomic E-state index is 0.0105. The molecule has 0 bridgehead atoms. The summed E-state index contributed by atoms with van der Waals surface area (Å²) in [5, 5.41) is 11.3. The van der Waals surface area contributed by atoms with Crippen LogP contribution in [0.1, 0.15) is 83.6 Å². The minimum atomic E-state index is -0.114. The Morgan fingerprint density at radius 1 is 0.758 bits per heavy atom. The van der Waals surface area contributed by atoms with Gasteiger partial charge in [0.2, 0.25) is 0 Å². The third-order valence-corrected chi connectivity index (χ3v) is 7.15. The highest BCUT2D eigenvalue weighted by atomic mass is 16.3. The summed E-state index contributed by atoms with van der Waals surface area (Å²) in [6.07, 6.45) is 2.26. The van der Waals surface area contributed by atoms with Crippen LogP contribution < -0.4 is 0 Å². The van der Waals surface area contributed by atoms with Gasteiger partial charge < -0.3 is 5.11 Å². The van der Waals surface area contributed by atoms with Crippen LogP contribution in [0.15, 0.2) is 54.6 Å². The largest absolute Gasteiger partial charge is 0.507 e. The SMILES string of the molecule is Cc1cc(-c2ccc3c(c2)C(CC(C)C)(CC(C)C)c2ccccc2-3)c(O)c(C(C)(C)C)c1. The molecule has 3 aromatic rings. The highest BCUT2D eigenvalue weighted by Crippen LogP contribution is 2.56. The van der Waals surface area contributed by atoms with Crippen LogP contribution in [0.2, 0.25) is 0 Å². The third kappa shape index (κ3) is 4.12. The van der Waals surface area contributed by atoms with Crippen molar-refractivity contribution in [3.63, 3.8) is 0 Å². The molecule has 33 heavy (non-hydrogen) atoms. The molecule has 0 spiro atoms. The van der Waals surface area contributed by atoms with E-state index in [0.717, 1.165) is 29.5 Å². The molecular formula is C32H40O. The van der Waals surface area contributed by atoms with Crippen molar-refractivity contribution >= 4 is 0 Å². The molecule has 0 fully saturated rings. The van der Waals surface area contributed by atoms with E-state index in [1.54, 1.807) is 0 Å². The first kappa shape index (κ1) is 23.6. The average molecular weight is 441 g/mol. The molecule has 0 atom stereocenters. The summed E-state index contributed by atoms with van der Waals surface area (Å²) in [4.78, 5) is 0. The zero-order valence-electron chi connectivity index (χ0n) is 21.7. The monoisotopic (exact) mass is 440 g/mol. The van der Waals surface area contributed by atoms with Crippen LogP contribution in [-0.2, 0) is 10.8 Å². The summed E-state index contributed by atoms with van der Waals surface area (Å²) in [6, 6.07) is 20.2. The third-order valence-electron chi connectivity index (χ3n) is 7.15. The Balaban J connectivity index is 1.98.